The second-order valence-electron chi connectivity index (χ2n) is 3.71. The second-order valence-corrected chi connectivity index (χ2v) is 4.93. The minimum absolute atomic E-state index is 0.477. The number of hydrogen-bond donors (Lipinski definition) is 1. The van der Waals surface area contributed by atoms with Crippen molar-refractivity contribution >= 4 is 40.5 Å². The first-order valence-electron chi connectivity index (χ1n) is 5.11. The normalized spacial score (nSPS) is 10.4. The third kappa shape index (κ3) is 2.51. The molecule has 0 radical (unpaired) electrons. The van der Waals surface area contributed by atoms with Gasteiger partial charge in [-0.3, -0.25) is 0 Å². The van der Waals surface area contributed by atoms with E-state index in [9.17, 15) is 0 Å². The second kappa shape index (κ2) is 5.27. The van der Waals surface area contributed by atoms with E-state index in [2.05, 4.69) is 0 Å². The Morgan fingerprint density at radius 1 is 0.889 bits per heavy atom. The number of hydrogen-bond acceptors (Lipinski definition) is 2. The largest absolute Gasteiger partial charge is 0.495 e. The Morgan fingerprint density at radius 3 is 2.17 bits per heavy atom. The summed E-state index contributed by atoms with van der Waals surface area (Å²) in [6, 6.07) is 8.62. The highest BCUT2D eigenvalue weighted by molar-refractivity contribution is 6.38. The molecule has 0 aliphatic heterocycles. The van der Waals surface area contributed by atoms with Crippen LogP contribution in [0.25, 0.3) is 11.1 Å². The van der Waals surface area contributed by atoms with E-state index in [0.29, 0.717) is 26.5 Å². The molecule has 0 atom stereocenters. The van der Waals surface area contributed by atoms with Crippen LogP contribution in [0.1, 0.15) is 0 Å². The molecule has 0 aromatic heterocycles. The number of benzene rings is 2. The molecule has 0 heterocycles. The number of nitrogen functional groups attached to an aromatic ring is 1. The zero-order chi connectivity index (χ0) is 13.3. The van der Waals surface area contributed by atoms with E-state index < -0.39 is 0 Å². The Labute approximate surface area is 120 Å². The van der Waals surface area contributed by atoms with Crippen molar-refractivity contribution in [2.75, 3.05) is 12.8 Å². The minimum atomic E-state index is 0.477. The first-order chi connectivity index (χ1) is 8.52. The van der Waals surface area contributed by atoms with Gasteiger partial charge in [0, 0.05) is 22.9 Å². The molecule has 18 heavy (non-hydrogen) atoms. The third-order valence-corrected chi connectivity index (χ3v) is 3.45. The van der Waals surface area contributed by atoms with Gasteiger partial charge in [-0.2, -0.15) is 0 Å². The van der Waals surface area contributed by atoms with Crippen molar-refractivity contribution in [1.82, 2.24) is 0 Å². The highest BCUT2D eigenvalue weighted by Gasteiger charge is 2.12. The SMILES string of the molecule is COc1cc(Cl)c(-c2ccc(N)cc2Cl)cc1Cl. The highest BCUT2D eigenvalue weighted by Crippen LogP contribution is 2.39. The quantitative estimate of drug-likeness (QED) is 0.800. The predicted molar refractivity (Wildman–Crippen MR) is 77.9 cm³/mol. The molecule has 5 heteroatoms. The van der Waals surface area contributed by atoms with Crippen LogP contribution in [0.3, 0.4) is 0 Å². The van der Waals surface area contributed by atoms with E-state index in [4.69, 9.17) is 45.3 Å². The van der Waals surface area contributed by atoms with Crippen LogP contribution >= 0.6 is 34.8 Å². The van der Waals surface area contributed by atoms with E-state index in [1.807, 2.05) is 6.07 Å². The van der Waals surface area contributed by atoms with Gasteiger partial charge in [-0.15, -0.1) is 0 Å². The molecule has 0 saturated heterocycles. The smallest absolute Gasteiger partial charge is 0.138 e. The van der Waals surface area contributed by atoms with E-state index in [0.717, 1.165) is 11.1 Å². The summed E-state index contributed by atoms with van der Waals surface area (Å²) in [5, 5.41) is 1.52. The summed E-state index contributed by atoms with van der Waals surface area (Å²) in [4.78, 5) is 0. The van der Waals surface area contributed by atoms with Crippen LogP contribution in [0.5, 0.6) is 5.75 Å². The lowest BCUT2D eigenvalue weighted by molar-refractivity contribution is 0.415. The molecular weight excluding hydrogens is 293 g/mol. The van der Waals surface area contributed by atoms with Crippen LogP contribution in [0.2, 0.25) is 15.1 Å². The van der Waals surface area contributed by atoms with Crippen LogP contribution < -0.4 is 10.5 Å². The maximum Gasteiger partial charge on any atom is 0.138 e. The van der Waals surface area contributed by atoms with Gasteiger partial charge in [0.25, 0.3) is 0 Å². The van der Waals surface area contributed by atoms with Crippen LogP contribution in [0, 0.1) is 0 Å². The van der Waals surface area contributed by atoms with Gasteiger partial charge in [0.1, 0.15) is 5.75 Å². The fourth-order valence-corrected chi connectivity index (χ4v) is 2.43. The van der Waals surface area contributed by atoms with Gasteiger partial charge in [0.2, 0.25) is 0 Å². The molecule has 2 nitrogen and oxygen atoms in total. The lowest BCUT2D eigenvalue weighted by Crippen LogP contribution is -1.89. The zero-order valence-corrected chi connectivity index (χ0v) is 11.8. The number of nitrogens with two attached hydrogens (primary N) is 1. The summed E-state index contributed by atoms with van der Waals surface area (Å²) in [5.74, 6) is 0.525. The molecule has 0 unspecified atom stereocenters. The maximum atomic E-state index is 6.20. The van der Waals surface area contributed by atoms with Crippen molar-refractivity contribution in [2.45, 2.75) is 0 Å². The van der Waals surface area contributed by atoms with E-state index in [1.165, 1.54) is 7.11 Å². The number of ether oxygens (including phenoxy) is 1. The molecule has 2 aromatic rings. The standard InChI is InChI=1S/C13H10Cl3NO/c1-18-13-6-11(15)9(5-12(13)16)8-3-2-7(17)4-10(8)14/h2-6H,17H2,1H3. The van der Waals surface area contributed by atoms with Crippen molar-refractivity contribution in [3.63, 3.8) is 0 Å². The molecular formula is C13H10Cl3NO. The summed E-state index contributed by atoms with van der Waals surface area (Å²) < 4.78 is 5.10. The number of anilines is 1. The first-order valence-corrected chi connectivity index (χ1v) is 6.24. The Bertz CT molecular complexity index is 599. The van der Waals surface area contributed by atoms with Crippen molar-refractivity contribution in [1.29, 1.82) is 0 Å². The van der Waals surface area contributed by atoms with E-state index in [-0.39, 0.29) is 0 Å². The summed E-state index contributed by atoms with van der Waals surface area (Å²) >= 11 is 18.4. The monoisotopic (exact) mass is 301 g/mol. The molecule has 2 N–H and O–H groups in total. The average Bonchev–Trinajstić information content (AvgIpc) is 2.32. The molecule has 94 valence electrons. The van der Waals surface area contributed by atoms with Crippen molar-refractivity contribution < 1.29 is 4.74 Å². The molecule has 2 aromatic carbocycles. The molecule has 0 aliphatic carbocycles. The van der Waals surface area contributed by atoms with Crippen molar-refractivity contribution in [3.05, 3.63) is 45.4 Å². The van der Waals surface area contributed by atoms with Gasteiger partial charge < -0.3 is 10.5 Å². The van der Waals surface area contributed by atoms with Crippen LogP contribution in [-0.4, -0.2) is 7.11 Å². The Hall–Kier alpha value is -1.09. The van der Waals surface area contributed by atoms with Gasteiger partial charge in [0.15, 0.2) is 0 Å². The van der Waals surface area contributed by atoms with Gasteiger partial charge >= 0.3 is 0 Å². The molecule has 0 bridgehead atoms. The Balaban J connectivity index is 2.60. The highest BCUT2D eigenvalue weighted by atomic mass is 35.5. The van der Waals surface area contributed by atoms with E-state index >= 15 is 0 Å². The van der Waals surface area contributed by atoms with Gasteiger partial charge in [-0.05, 0) is 18.2 Å². The fourth-order valence-electron chi connectivity index (χ4n) is 1.64. The van der Waals surface area contributed by atoms with Crippen LogP contribution in [-0.2, 0) is 0 Å². The number of halogens is 3. The summed E-state index contributed by atoms with van der Waals surface area (Å²) in [5.41, 5.74) is 7.77. The third-order valence-electron chi connectivity index (χ3n) is 2.52. The molecule has 0 aliphatic rings. The summed E-state index contributed by atoms with van der Waals surface area (Å²) in [6.45, 7) is 0. The minimum Gasteiger partial charge on any atom is -0.495 e. The summed E-state index contributed by atoms with van der Waals surface area (Å²) in [7, 11) is 1.54. The molecule has 0 fully saturated rings. The lowest BCUT2D eigenvalue weighted by Gasteiger charge is -2.11. The molecule has 0 saturated carbocycles. The summed E-state index contributed by atoms with van der Waals surface area (Å²) in [6.07, 6.45) is 0. The molecule has 0 amide bonds. The zero-order valence-electron chi connectivity index (χ0n) is 9.51. The predicted octanol–water partition coefficient (Wildman–Crippen LogP) is 4.90. The molecule has 0 spiro atoms. The first kappa shape index (κ1) is 13.3. The topological polar surface area (TPSA) is 35.2 Å². The fraction of sp³-hybridized carbons (Fsp3) is 0.0769. The van der Waals surface area contributed by atoms with Crippen LogP contribution in [0.4, 0.5) is 5.69 Å². The van der Waals surface area contributed by atoms with Crippen molar-refractivity contribution in [3.8, 4) is 16.9 Å². The number of methoxy groups -OCH3 is 1. The maximum absolute atomic E-state index is 6.20. The Morgan fingerprint density at radius 2 is 1.56 bits per heavy atom. The van der Waals surface area contributed by atoms with Gasteiger partial charge in [-0.25, -0.2) is 0 Å². The van der Waals surface area contributed by atoms with Gasteiger partial charge in [-0.1, -0.05) is 40.9 Å². The van der Waals surface area contributed by atoms with Gasteiger partial charge in [0.05, 0.1) is 22.2 Å². The van der Waals surface area contributed by atoms with Crippen molar-refractivity contribution in [2.24, 2.45) is 0 Å². The lowest BCUT2D eigenvalue weighted by atomic mass is 10.0. The number of rotatable bonds is 2. The average molecular weight is 303 g/mol. The van der Waals surface area contributed by atoms with E-state index in [1.54, 1.807) is 24.3 Å². The van der Waals surface area contributed by atoms with Crippen LogP contribution in [0.15, 0.2) is 30.3 Å². The Kier molecular flexibility index (Phi) is 3.91. The molecule has 2 rings (SSSR count).